The van der Waals surface area contributed by atoms with Crippen molar-refractivity contribution in [3.63, 3.8) is 0 Å². The number of nitrogens with one attached hydrogen (secondary N) is 1. The van der Waals surface area contributed by atoms with Gasteiger partial charge in [-0.2, -0.15) is 5.26 Å². The number of hydrogen-bond donors (Lipinski definition) is 2. The monoisotopic (exact) mass is 731 g/mol. The molecule has 3 aromatic carbocycles. The number of carboxylic acids is 1. The van der Waals surface area contributed by atoms with Crippen molar-refractivity contribution in [3.05, 3.63) is 106 Å². The van der Waals surface area contributed by atoms with E-state index < -0.39 is 12.0 Å². The molecule has 5 aromatic rings. The van der Waals surface area contributed by atoms with Gasteiger partial charge in [-0.3, -0.25) is 14.7 Å². The number of ether oxygens (including phenoxy) is 2. The zero-order valence-electron chi connectivity index (χ0n) is 29.7. The van der Waals surface area contributed by atoms with E-state index in [-0.39, 0.29) is 13.2 Å². The number of rotatable bonds is 11. The number of likely N-dealkylation sites (tertiary alicyclic amines) is 1. The number of piperidine rings is 2. The van der Waals surface area contributed by atoms with Gasteiger partial charge in [0.2, 0.25) is 0 Å². The summed E-state index contributed by atoms with van der Waals surface area (Å²) in [7, 11) is 0. The Bertz CT molecular complexity index is 2180. The molecule has 8 rings (SSSR count). The second-order valence-corrected chi connectivity index (χ2v) is 15.0. The largest absolute Gasteiger partial charge is 0.488 e. The molecule has 2 N–H and O–H groups in total. The summed E-state index contributed by atoms with van der Waals surface area (Å²) < 4.78 is 19.0. The van der Waals surface area contributed by atoms with Gasteiger partial charge in [-0.15, -0.1) is 0 Å². The van der Waals surface area contributed by atoms with Crippen molar-refractivity contribution in [1.82, 2.24) is 20.2 Å². The van der Waals surface area contributed by atoms with Crippen LogP contribution in [0.25, 0.3) is 22.2 Å². The minimum absolute atomic E-state index is 0.163. The molecule has 0 amide bonds. The second-order valence-electron chi connectivity index (χ2n) is 14.6. The number of aliphatic carboxylic acids is 1. The molecule has 3 atom stereocenters. The van der Waals surface area contributed by atoms with Crippen LogP contribution in [0.4, 0.5) is 0 Å². The van der Waals surface area contributed by atoms with Crippen molar-refractivity contribution < 1.29 is 23.8 Å². The Morgan fingerprint density at radius 1 is 1.02 bits per heavy atom. The average molecular weight is 732 g/mol. The highest BCUT2D eigenvalue weighted by Gasteiger charge is 2.36. The lowest BCUT2D eigenvalue weighted by Gasteiger charge is -2.33. The molecule has 0 radical (unpaired) electrons. The van der Waals surface area contributed by atoms with Crippen molar-refractivity contribution >= 4 is 28.7 Å². The predicted molar refractivity (Wildman–Crippen MR) is 201 cm³/mol. The number of carbonyl (C=O) groups is 1. The molecule has 10 nitrogen and oxygen atoms in total. The number of hydrogen-bond acceptors (Lipinski definition) is 9. The lowest BCUT2D eigenvalue weighted by Crippen LogP contribution is -2.44. The number of nitriles is 1. The Morgan fingerprint density at radius 2 is 1.85 bits per heavy atom. The van der Waals surface area contributed by atoms with Gasteiger partial charge in [0.05, 0.1) is 10.6 Å². The number of carboxylic acid groups (broad SMARTS) is 1. The molecule has 11 heteroatoms. The van der Waals surface area contributed by atoms with E-state index in [0.29, 0.717) is 59.6 Å². The molecule has 272 valence electrons. The fraction of sp³-hybridized carbons (Fsp3) is 0.381. The first-order valence-electron chi connectivity index (χ1n) is 18.5. The SMILES string of the molecule is Cc1c(COc2cc(OCc3cncc(C#N)c3)c(CN3CCCCC3C(=O)O)cc2Cl)cccc1-c1ccc2oc(C3CC4CCC(C3)N4)nc2c1. The molecule has 3 fully saturated rings. The Hall–Kier alpha value is -4.95. The van der Waals surface area contributed by atoms with E-state index in [2.05, 4.69) is 41.5 Å². The summed E-state index contributed by atoms with van der Waals surface area (Å²) in [6, 6.07) is 20.4. The Balaban J connectivity index is 1.02. The third kappa shape index (κ3) is 7.61. The van der Waals surface area contributed by atoms with Crippen LogP contribution in [-0.4, -0.2) is 50.6 Å². The van der Waals surface area contributed by atoms with Gasteiger partial charge in [0, 0.05) is 54.1 Å². The van der Waals surface area contributed by atoms with Crippen molar-refractivity contribution in [3.8, 4) is 28.7 Å². The molecule has 0 spiro atoms. The molecule has 0 aliphatic carbocycles. The highest BCUT2D eigenvalue weighted by molar-refractivity contribution is 6.32. The molecular formula is C42H42ClN5O5. The third-order valence-corrected chi connectivity index (χ3v) is 11.4. The number of pyridine rings is 1. The third-order valence-electron chi connectivity index (χ3n) is 11.1. The first-order valence-corrected chi connectivity index (χ1v) is 18.8. The van der Waals surface area contributed by atoms with E-state index in [1.54, 1.807) is 18.3 Å². The smallest absolute Gasteiger partial charge is 0.320 e. The first kappa shape index (κ1) is 35.1. The van der Waals surface area contributed by atoms with Crippen LogP contribution in [0.1, 0.15) is 84.6 Å². The molecule has 2 bridgehead atoms. The van der Waals surface area contributed by atoms with Gasteiger partial charge >= 0.3 is 5.97 Å². The van der Waals surface area contributed by atoms with Crippen LogP contribution in [0.2, 0.25) is 5.02 Å². The number of benzene rings is 3. The van der Waals surface area contributed by atoms with Crippen LogP contribution in [0.3, 0.4) is 0 Å². The van der Waals surface area contributed by atoms with Crippen LogP contribution in [0.5, 0.6) is 11.5 Å². The molecular weight excluding hydrogens is 690 g/mol. The summed E-state index contributed by atoms with van der Waals surface area (Å²) >= 11 is 6.86. The summed E-state index contributed by atoms with van der Waals surface area (Å²) in [5.41, 5.74) is 7.87. The molecule has 53 heavy (non-hydrogen) atoms. The van der Waals surface area contributed by atoms with Crippen molar-refractivity contribution in [1.29, 1.82) is 5.26 Å². The summed E-state index contributed by atoms with van der Waals surface area (Å²) in [5.74, 6) is 1.37. The lowest BCUT2D eigenvalue weighted by molar-refractivity contribution is -0.144. The van der Waals surface area contributed by atoms with Crippen molar-refractivity contribution in [2.75, 3.05) is 6.54 Å². The van der Waals surface area contributed by atoms with Gasteiger partial charge in [0.15, 0.2) is 11.5 Å². The van der Waals surface area contributed by atoms with Gasteiger partial charge in [-0.25, -0.2) is 4.98 Å². The fourth-order valence-electron chi connectivity index (χ4n) is 8.27. The molecule has 3 aliphatic heterocycles. The maximum atomic E-state index is 12.1. The standard InChI is InChI=1S/C42H42ClN5O5/c1-25-29(5-4-6-34(25)28-8-11-38-36(17-28)47-41(53-38)30-14-32-9-10-33(15-30)46-32)24-52-40-18-39(51-23-27-13-26(19-44)20-45-21-27)31(16-35(40)43)22-48-12-3-2-7-37(48)42(49)50/h4-6,8,11,13,16-18,20-21,30,32-33,37,46H,2-3,7,9-10,12,14-15,22-24H2,1H3,(H,49,50). The number of fused-ring (bicyclic) bond motifs is 3. The van der Waals surface area contributed by atoms with E-state index in [1.807, 2.05) is 29.2 Å². The van der Waals surface area contributed by atoms with Crippen LogP contribution < -0.4 is 14.8 Å². The molecule has 3 unspecified atom stereocenters. The zero-order valence-corrected chi connectivity index (χ0v) is 30.4. The maximum absolute atomic E-state index is 12.1. The van der Waals surface area contributed by atoms with E-state index in [9.17, 15) is 15.2 Å². The van der Waals surface area contributed by atoms with Gasteiger partial charge < -0.3 is 24.3 Å². The Kier molecular flexibility index (Phi) is 10.1. The fourth-order valence-corrected chi connectivity index (χ4v) is 8.51. The van der Waals surface area contributed by atoms with E-state index in [1.165, 1.54) is 19.0 Å². The van der Waals surface area contributed by atoms with E-state index in [4.69, 9.17) is 30.5 Å². The number of aromatic nitrogens is 2. The summed E-state index contributed by atoms with van der Waals surface area (Å²) in [5, 5.41) is 23.4. The summed E-state index contributed by atoms with van der Waals surface area (Å²) in [6.07, 6.45) is 10.2. The van der Waals surface area contributed by atoms with Crippen LogP contribution in [0, 0.1) is 18.3 Å². The van der Waals surface area contributed by atoms with Gasteiger partial charge in [0.1, 0.15) is 42.3 Å². The van der Waals surface area contributed by atoms with Crippen molar-refractivity contribution in [2.24, 2.45) is 0 Å². The lowest BCUT2D eigenvalue weighted by atomic mass is 9.92. The molecule has 5 heterocycles. The van der Waals surface area contributed by atoms with Crippen LogP contribution >= 0.6 is 11.6 Å². The second kappa shape index (κ2) is 15.2. The molecule has 3 aliphatic rings. The van der Waals surface area contributed by atoms with Gasteiger partial charge in [0.25, 0.3) is 0 Å². The molecule has 2 aromatic heterocycles. The highest BCUT2D eigenvalue weighted by atomic mass is 35.5. The average Bonchev–Trinajstić information content (AvgIpc) is 3.76. The molecule has 0 saturated carbocycles. The first-order chi connectivity index (χ1) is 25.8. The minimum atomic E-state index is -0.829. The number of oxazole rings is 1. The van der Waals surface area contributed by atoms with Gasteiger partial charge in [-0.1, -0.05) is 42.3 Å². The Morgan fingerprint density at radius 3 is 2.66 bits per heavy atom. The number of halogens is 1. The predicted octanol–water partition coefficient (Wildman–Crippen LogP) is 8.32. The van der Waals surface area contributed by atoms with Crippen molar-refractivity contribution in [2.45, 2.75) is 95.7 Å². The summed E-state index contributed by atoms with van der Waals surface area (Å²) in [6.45, 7) is 3.56. The highest BCUT2D eigenvalue weighted by Crippen LogP contribution is 2.39. The van der Waals surface area contributed by atoms with Gasteiger partial charge in [-0.05, 0) is 98.5 Å². The maximum Gasteiger partial charge on any atom is 0.320 e. The van der Waals surface area contributed by atoms with E-state index >= 15 is 0 Å². The van der Waals surface area contributed by atoms with E-state index in [0.717, 1.165) is 76.1 Å². The normalized spacial score (nSPS) is 21.4. The quantitative estimate of drug-likeness (QED) is 0.137. The topological polar surface area (TPSA) is 134 Å². The summed E-state index contributed by atoms with van der Waals surface area (Å²) in [4.78, 5) is 23.2. The van der Waals surface area contributed by atoms with Crippen LogP contribution in [0.15, 0.2) is 71.4 Å². The number of nitrogens with zero attached hydrogens (tertiary/aromatic N) is 4. The zero-order chi connectivity index (χ0) is 36.5. The minimum Gasteiger partial charge on any atom is -0.488 e. The Labute approximate surface area is 313 Å². The molecule has 3 saturated heterocycles. The van der Waals surface area contributed by atoms with Crippen LogP contribution in [-0.2, 0) is 24.6 Å².